The molecule has 0 radical (unpaired) electrons. The second-order valence-electron chi connectivity index (χ2n) is 7.69. The molecule has 26 heavy (non-hydrogen) atoms. The van der Waals surface area contributed by atoms with Crippen LogP contribution < -0.4 is 0 Å². The van der Waals surface area contributed by atoms with Crippen LogP contribution in [0.1, 0.15) is 47.2 Å². The van der Waals surface area contributed by atoms with E-state index in [1.54, 1.807) is 0 Å². The van der Waals surface area contributed by atoms with Crippen LogP contribution in [-0.2, 0) is 22.4 Å². The van der Waals surface area contributed by atoms with Crippen LogP contribution in [0, 0.1) is 5.92 Å². The van der Waals surface area contributed by atoms with Crippen molar-refractivity contribution in [1.82, 2.24) is 9.80 Å². The standard InChI is InChI=1S/C21H28N2O3/c24-20(23-11-13-26-14-12-23)17-7-9-22(10-8-17)21(25)19-6-5-16-3-1-2-4-18(16)15-19/h5-6,15,17H,1-4,7-14H2. The van der Waals surface area contributed by atoms with Crippen molar-refractivity contribution in [1.29, 1.82) is 0 Å². The van der Waals surface area contributed by atoms with Gasteiger partial charge in [0.15, 0.2) is 0 Å². The zero-order chi connectivity index (χ0) is 17.9. The Hall–Kier alpha value is -1.88. The largest absolute Gasteiger partial charge is 0.378 e. The average molecular weight is 356 g/mol. The number of aryl methyl sites for hydroxylation is 2. The minimum atomic E-state index is 0.0562. The summed E-state index contributed by atoms with van der Waals surface area (Å²) >= 11 is 0. The Morgan fingerprint density at radius 1 is 0.885 bits per heavy atom. The molecule has 2 saturated heterocycles. The summed E-state index contributed by atoms with van der Waals surface area (Å²) < 4.78 is 5.33. The van der Waals surface area contributed by atoms with Gasteiger partial charge in [0, 0.05) is 37.7 Å². The van der Waals surface area contributed by atoms with Gasteiger partial charge in [0.05, 0.1) is 13.2 Å². The van der Waals surface area contributed by atoms with E-state index < -0.39 is 0 Å². The van der Waals surface area contributed by atoms with E-state index in [0.29, 0.717) is 39.4 Å². The predicted octanol–water partition coefficient (Wildman–Crippen LogP) is 2.28. The highest BCUT2D eigenvalue weighted by Crippen LogP contribution is 2.25. The minimum absolute atomic E-state index is 0.0562. The first kappa shape index (κ1) is 17.5. The van der Waals surface area contributed by atoms with E-state index in [4.69, 9.17) is 4.74 Å². The van der Waals surface area contributed by atoms with Crippen LogP contribution in [0.3, 0.4) is 0 Å². The molecule has 0 saturated carbocycles. The van der Waals surface area contributed by atoms with E-state index in [9.17, 15) is 9.59 Å². The molecular weight excluding hydrogens is 328 g/mol. The summed E-state index contributed by atoms with van der Waals surface area (Å²) in [5.74, 6) is 0.422. The lowest BCUT2D eigenvalue weighted by Gasteiger charge is -2.35. The van der Waals surface area contributed by atoms with Crippen molar-refractivity contribution in [3.05, 3.63) is 34.9 Å². The fourth-order valence-electron chi connectivity index (χ4n) is 4.42. The van der Waals surface area contributed by atoms with Gasteiger partial charge in [-0.25, -0.2) is 0 Å². The number of carbonyl (C=O) groups excluding carboxylic acids is 2. The third-order valence-electron chi connectivity index (χ3n) is 6.05. The maximum absolute atomic E-state index is 12.9. The van der Waals surface area contributed by atoms with Gasteiger partial charge < -0.3 is 14.5 Å². The number of piperidine rings is 1. The predicted molar refractivity (Wildman–Crippen MR) is 99.1 cm³/mol. The van der Waals surface area contributed by atoms with Crippen molar-refractivity contribution >= 4 is 11.8 Å². The Bertz CT molecular complexity index is 674. The molecule has 1 aliphatic carbocycles. The molecule has 2 aliphatic heterocycles. The first-order valence-corrected chi connectivity index (χ1v) is 10.00. The Kier molecular flexibility index (Phi) is 5.25. The molecule has 5 heteroatoms. The van der Waals surface area contributed by atoms with Crippen LogP contribution in [0.15, 0.2) is 18.2 Å². The van der Waals surface area contributed by atoms with Crippen molar-refractivity contribution in [2.24, 2.45) is 5.92 Å². The summed E-state index contributed by atoms with van der Waals surface area (Å²) in [6.45, 7) is 4.04. The number of amides is 2. The molecule has 3 aliphatic rings. The maximum atomic E-state index is 12.9. The van der Waals surface area contributed by atoms with E-state index >= 15 is 0 Å². The Morgan fingerprint density at radius 3 is 2.31 bits per heavy atom. The van der Waals surface area contributed by atoms with Crippen LogP contribution in [0.5, 0.6) is 0 Å². The van der Waals surface area contributed by atoms with Gasteiger partial charge in [0.2, 0.25) is 5.91 Å². The van der Waals surface area contributed by atoms with Gasteiger partial charge in [-0.2, -0.15) is 0 Å². The first-order valence-electron chi connectivity index (χ1n) is 10.00. The van der Waals surface area contributed by atoms with Gasteiger partial charge in [-0.3, -0.25) is 9.59 Å². The first-order chi connectivity index (χ1) is 12.7. The van der Waals surface area contributed by atoms with Crippen LogP contribution in [-0.4, -0.2) is 61.0 Å². The van der Waals surface area contributed by atoms with Crippen molar-refractivity contribution < 1.29 is 14.3 Å². The van der Waals surface area contributed by atoms with E-state index in [-0.39, 0.29) is 17.7 Å². The zero-order valence-corrected chi connectivity index (χ0v) is 15.4. The molecule has 2 fully saturated rings. The van der Waals surface area contributed by atoms with Gasteiger partial charge in [-0.1, -0.05) is 6.07 Å². The average Bonchev–Trinajstić information content (AvgIpc) is 2.73. The van der Waals surface area contributed by atoms with Crippen LogP contribution >= 0.6 is 0 Å². The van der Waals surface area contributed by atoms with Gasteiger partial charge in [0.25, 0.3) is 5.91 Å². The van der Waals surface area contributed by atoms with E-state index in [0.717, 1.165) is 31.2 Å². The highest BCUT2D eigenvalue weighted by Gasteiger charge is 2.31. The molecule has 0 aromatic heterocycles. The molecule has 1 aromatic rings. The van der Waals surface area contributed by atoms with Crippen molar-refractivity contribution in [3.63, 3.8) is 0 Å². The van der Waals surface area contributed by atoms with Crippen molar-refractivity contribution in [3.8, 4) is 0 Å². The van der Waals surface area contributed by atoms with Crippen LogP contribution in [0.25, 0.3) is 0 Å². The van der Waals surface area contributed by atoms with Gasteiger partial charge in [0.1, 0.15) is 0 Å². The normalized spacial score (nSPS) is 21.4. The Morgan fingerprint density at radius 2 is 1.58 bits per heavy atom. The fourth-order valence-corrected chi connectivity index (χ4v) is 4.42. The number of morpholine rings is 1. The van der Waals surface area contributed by atoms with E-state index in [1.165, 1.54) is 24.0 Å². The number of carbonyl (C=O) groups is 2. The number of fused-ring (bicyclic) bond motifs is 1. The third-order valence-corrected chi connectivity index (χ3v) is 6.05. The lowest BCUT2D eigenvalue weighted by Crippen LogP contribution is -2.47. The molecule has 0 bridgehead atoms. The SMILES string of the molecule is O=C(c1ccc2c(c1)CCCC2)N1CCC(C(=O)N2CCOCC2)CC1. The minimum Gasteiger partial charge on any atom is -0.378 e. The zero-order valence-electron chi connectivity index (χ0n) is 15.4. The highest BCUT2D eigenvalue weighted by molar-refractivity contribution is 5.94. The number of ether oxygens (including phenoxy) is 1. The van der Waals surface area contributed by atoms with E-state index in [1.807, 2.05) is 15.9 Å². The summed E-state index contributed by atoms with van der Waals surface area (Å²) in [6.07, 6.45) is 6.25. The monoisotopic (exact) mass is 356 g/mol. The Labute approximate surface area is 155 Å². The Balaban J connectivity index is 1.35. The van der Waals surface area contributed by atoms with Gasteiger partial charge in [-0.05, 0) is 61.8 Å². The summed E-state index contributed by atoms with van der Waals surface area (Å²) in [5, 5.41) is 0. The molecule has 140 valence electrons. The molecule has 0 spiro atoms. The lowest BCUT2D eigenvalue weighted by molar-refractivity contribution is -0.141. The molecule has 5 nitrogen and oxygen atoms in total. The molecule has 1 aromatic carbocycles. The highest BCUT2D eigenvalue weighted by atomic mass is 16.5. The second kappa shape index (κ2) is 7.78. The van der Waals surface area contributed by atoms with Gasteiger partial charge >= 0.3 is 0 Å². The quantitative estimate of drug-likeness (QED) is 0.817. The van der Waals surface area contributed by atoms with Crippen molar-refractivity contribution in [2.45, 2.75) is 38.5 Å². The number of likely N-dealkylation sites (tertiary alicyclic amines) is 1. The van der Waals surface area contributed by atoms with Gasteiger partial charge in [-0.15, -0.1) is 0 Å². The number of nitrogens with zero attached hydrogens (tertiary/aromatic N) is 2. The summed E-state index contributed by atoms with van der Waals surface area (Å²) in [5.41, 5.74) is 3.56. The summed E-state index contributed by atoms with van der Waals surface area (Å²) in [4.78, 5) is 29.4. The number of rotatable bonds is 2. The molecule has 2 heterocycles. The molecule has 0 N–H and O–H groups in total. The lowest BCUT2D eigenvalue weighted by atomic mass is 9.90. The fraction of sp³-hybridized carbons (Fsp3) is 0.619. The molecule has 2 amide bonds. The number of hydrogen-bond donors (Lipinski definition) is 0. The topological polar surface area (TPSA) is 49.9 Å². The summed E-state index contributed by atoms with van der Waals surface area (Å²) in [7, 11) is 0. The molecule has 0 unspecified atom stereocenters. The van der Waals surface area contributed by atoms with E-state index in [2.05, 4.69) is 12.1 Å². The third kappa shape index (κ3) is 3.63. The van der Waals surface area contributed by atoms with Crippen LogP contribution in [0.2, 0.25) is 0 Å². The molecule has 0 atom stereocenters. The maximum Gasteiger partial charge on any atom is 0.253 e. The molecule has 4 rings (SSSR count). The van der Waals surface area contributed by atoms with Crippen molar-refractivity contribution in [2.75, 3.05) is 39.4 Å². The smallest absolute Gasteiger partial charge is 0.253 e. The van der Waals surface area contributed by atoms with Crippen LogP contribution in [0.4, 0.5) is 0 Å². The number of hydrogen-bond acceptors (Lipinski definition) is 3. The second-order valence-corrected chi connectivity index (χ2v) is 7.69. The number of benzene rings is 1. The summed E-state index contributed by atoms with van der Waals surface area (Å²) in [6, 6.07) is 6.22. The molecular formula is C21H28N2O3.